The first-order chi connectivity index (χ1) is 12.5. The number of methoxy groups -OCH3 is 2. The smallest absolute Gasteiger partial charge is 0.227 e. The second-order valence-electron chi connectivity index (χ2n) is 6.92. The number of ether oxygens (including phenoxy) is 2. The molecule has 0 bridgehead atoms. The van der Waals surface area contributed by atoms with E-state index < -0.39 is 0 Å². The quantitative estimate of drug-likeness (QED) is 0.780. The molecule has 1 unspecified atom stereocenters. The van der Waals surface area contributed by atoms with Crippen molar-refractivity contribution in [3.63, 3.8) is 0 Å². The van der Waals surface area contributed by atoms with Gasteiger partial charge in [0.15, 0.2) is 0 Å². The zero-order chi connectivity index (χ0) is 19.1. The van der Waals surface area contributed by atoms with E-state index in [1.165, 1.54) is 0 Å². The minimum atomic E-state index is -0.0847. The van der Waals surface area contributed by atoms with E-state index in [2.05, 4.69) is 17.6 Å². The highest BCUT2D eigenvalue weighted by Crippen LogP contribution is 2.33. The van der Waals surface area contributed by atoms with E-state index in [0.717, 1.165) is 32.1 Å². The summed E-state index contributed by atoms with van der Waals surface area (Å²) in [5.41, 5.74) is 0.605. The van der Waals surface area contributed by atoms with Crippen molar-refractivity contribution in [2.45, 2.75) is 52.0 Å². The maximum Gasteiger partial charge on any atom is 0.227 e. The summed E-state index contributed by atoms with van der Waals surface area (Å²) in [5.74, 6) is 1.27. The lowest BCUT2D eigenvalue weighted by Gasteiger charge is -2.28. The van der Waals surface area contributed by atoms with Crippen LogP contribution in [0.4, 0.5) is 5.69 Å². The molecule has 0 heterocycles. The first-order valence-electron chi connectivity index (χ1n) is 9.31. The molecule has 0 radical (unpaired) electrons. The molecule has 6 heteroatoms. The predicted octanol–water partition coefficient (Wildman–Crippen LogP) is 3.36. The topological polar surface area (TPSA) is 76.7 Å². The Morgan fingerprint density at radius 3 is 2.23 bits per heavy atom. The van der Waals surface area contributed by atoms with Crippen LogP contribution < -0.4 is 20.1 Å². The molecule has 2 rings (SSSR count). The van der Waals surface area contributed by atoms with Crippen LogP contribution in [0.2, 0.25) is 0 Å². The van der Waals surface area contributed by atoms with Crippen LogP contribution in [0.3, 0.4) is 0 Å². The Balaban J connectivity index is 1.92. The molecule has 2 amide bonds. The normalized spacial score (nSPS) is 20.8. The fourth-order valence-corrected chi connectivity index (χ4v) is 3.23. The maximum absolute atomic E-state index is 12.6. The zero-order valence-electron chi connectivity index (χ0n) is 16.1. The van der Waals surface area contributed by atoms with Crippen LogP contribution in [0.5, 0.6) is 11.5 Å². The van der Waals surface area contributed by atoms with Gasteiger partial charge in [-0.2, -0.15) is 0 Å². The first-order valence-corrected chi connectivity index (χ1v) is 9.31. The van der Waals surface area contributed by atoms with Crippen molar-refractivity contribution in [3.05, 3.63) is 18.2 Å². The van der Waals surface area contributed by atoms with Gasteiger partial charge in [-0.1, -0.05) is 6.92 Å². The highest BCUT2D eigenvalue weighted by Gasteiger charge is 2.30. The summed E-state index contributed by atoms with van der Waals surface area (Å²) in [6, 6.07) is 5.51. The van der Waals surface area contributed by atoms with Crippen molar-refractivity contribution < 1.29 is 19.1 Å². The van der Waals surface area contributed by atoms with Gasteiger partial charge in [0.2, 0.25) is 11.8 Å². The molecule has 144 valence electrons. The number of carbonyl (C=O) groups excluding carboxylic acids is 2. The van der Waals surface area contributed by atoms with Gasteiger partial charge in [0, 0.05) is 23.9 Å². The monoisotopic (exact) mass is 362 g/mol. The summed E-state index contributed by atoms with van der Waals surface area (Å²) in [6.07, 6.45) is 3.85. The van der Waals surface area contributed by atoms with Crippen LogP contribution in [0, 0.1) is 11.8 Å². The average Bonchev–Trinajstić information content (AvgIpc) is 2.67. The van der Waals surface area contributed by atoms with Crippen molar-refractivity contribution in [1.82, 2.24) is 5.32 Å². The highest BCUT2D eigenvalue weighted by atomic mass is 16.5. The molecule has 2 N–H and O–H groups in total. The predicted molar refractivity (Wildman–Crippen MR) is 102 cm³/mol. The van der Waals surface area contributed by atoms with Gasteiger partial charge >= 0.3 is 0 Å². The molecule has 26 heavy (non-hydrogen) atoms. The number of amides is 2. The molecule has 1 atom stereocenters. The van der Waals surface area contributed by atoms with Crippen LogP contribution in [0.1, 0.15) is 46.0 Å². The van der Waals surface area contributed by atoms with Gasteiger partial charge in [-0.05, 0) is 51.2 Å². The minimum absolute atomic E-state index is 0.0133. The molecule has 1 aliphatic rings. The molecular formula is C20H30N2O4. The second-order valence-corrected chi connectivity index (χ2v) is 6.92. The summed E-state index contributed by atoms with van der Waals surface area (Å²) in [5, 5.41) is 5.99. The number of rotatable bonds is 7. The van der Waals surface area contributed by atoms with Crippen molar-refractivity contribution in [2.24, 2.45) is 11.8 Å². The summed E-state index contributed by atoms with van der Waals surface area (Å²) >= 11 is 0. The van der Waals surface area contributed by atoms with Gasteiger partial charge < -0.3 is 20.1 Å². The number of benzene rings is 1. The Morgan fingerprint density at radius 1 is 1.08 bits per heavy atom. The molecular weight excluding hydrogens is 332 g/mol. The molecule has 0 aromatic heterocycles. The minimum Gasteiger partial charge on any atom is -0.497 e. The van der Waals surface area contributed by atoms with E-state index in [-0.39, 0.29) is 29.7 Å². The summed E-state index contributed by atoms with van der Waals surface area (Å²) in [4.78, 5) is 24.9. The largest absolute Gasteiger partial charge is 0.497 e. The van der Waals surface area contributed by atoms with Crippen molar-refractivity contribution >= 4 is 17.5 Å². The SMILES string of the molecule is CCC(C)NC(=O)C1CCC(C(=O)Nc2cc(OC)ccc2OC)CC1. The lowest BCUT2D eigenvalue weighted by atomic mass is 9.81. The molecule has 1 fully saturated rings. The van der Waals surface area contributed by atoms with Crippen LogP contribution in [-0.2, 0) is 9.59 Å². The molecule has 1 saturated carbocycles. The van der Waals surface area contributed by atoms with E-state index >= 15 is 0 Å². The number of nitrogens with one attached hydrogen (secondary N) is 2. The molecule has 1 aromatic rings. The van der Waals surface area contributed by atoms with Gasteiger partial charge in [0.05, 0.1) is 19.9 Å². The van der Waals surface area contributed by atoms with E-state index in [1.807, 2.05) is 6.92 Å². The third kappa shape index (κ3) is 5.13. The fraction of sp³-hybridized carbons (Fsp3) is 0.600. The Bertz CT molecular complexity index is 624. The summed E-state index contributed by atoms with van der Waals surface area (Å²) in [6.45, 7) is 4.07. The number of hydrogen-bond donors (Lipinski definition) is 2. The zero-order valence-corrected chi connectivity index (χ0v) is 16.1. The van der Waals surface area contributed by atoms with Crippen molar-refractivity contribution in [2.75, 3.05) is 19.5 Å². The third-order valence-corrected chi connectivity index (χ3v) is 5.13. The Kier molecular flexibility index (Phi) is 7.30. The van der Waals surface area contributed by atoms with Crippen LogP contribution in [-0.4, -0.2) is 32.1 Å². The number of anilines is 1. The molecule has 0 aliphatic heterocycles. The molecule has 1 aliphatic carbocycles. The maximum atomic E-state index is 12.6. The molecule has 0 spiro atoms. The average molecular weight is 362 g/mol. The van der Waals surface area contributed by atoms with Crippen LogP contribution in [0.15, 0.2) is 18.2 Å². The lowest BCUT2D eigenvalue weighted by molar-refractivity contribution is -0.129. The Labute approximate surface area is 155 Å². The van der Waals surface area contributed by atoms with E-state index in [9.17, 15) is 9.59 Å². The molecule has 0 saturated heterocycles. The molecule has 6 nitrogen and oxygen atoms in total. The standard InChI is InChI=1S/C20H30N2O4/c1-5-13(2)21-19(23)14-6-8-15(9-7-14)20(24)22-17-12-16(25-3)10-11-18(17)26-4/h10-15H,5-9H2,1-4H3,(H,21,23)(H,22,24). The summed E-state index contributed by atoms with van der Waals surface area (Å²) in [7, 11) is 3.15. The van der Waals surface area contributed by atoms with Gasteiger partial charge in [-0.15, -0.1) is 0 Å². The van der Waals surface area contributed by atoms with Crippen molar-refractivity contribution in [1.29, 1.82) is 0 Å². The van der Waals surface area contributed by atoms with E-state index in [4.69, 9.17) is 9.47 Å². The van der Waals surface area contributed by atoms with Gasteiger partial charge in [0.25, 0.3) is 0 Å². The third-order valence-electron chi connectivity index (χ3n) is 5.13. The lowest BCUT2D eigenvalue weighted by Crippen LogP contribution is -2.39. The summed E-state index contributed by atoms with van der Waals surface area (Å²) < 4.78 is 10.5. The van der Waals surface area contributed by atoms with Crippen LogP contribution in [0.25, 0.3) is 0 Å². The first kappa shape index (κ1) is 20.1. The van der Waals surface area contributed by atoms with Crippen molar-refractivity contribution in [3.8, 4) is 11.5 Å². The fourth-order valence-electron chi connectivity index (χ4n) is 3.23. The molecule has 1 aromatic carbocycles. The Morgan fingerprint density at radius 2 is 1.69 bits per heavy atom. The number of hydrogen-bond acceptors (Lipinski definition) is 4. The van der Waals surface area contributed by atoms with Gasteiger partial charge in [-0.25, -0.2) is 0 Å². The van der Waals surface area contributed by atoms with Gasteiger partial charge in [0.1, 0.15) is 11.5 Å². The number of carbonyl (C=O) groups is 2. The van der Waals surface area contributed by atoms with Crippen LogP contribution >= 0.6 is 0 Å². The Hall–Kier alpha value is -2.24. The second kappa shape index (κ2) is 9.46. The van der Waals surface area contributed by atoms with Gasteiger partial charge in [-0.3, -0.25) is 9.59 Å². The van der Waals surface area contributed by atoms with E-state index in [0.29, 0.717) is 17.2 Å². The highest BCUT2D eigenvalue weighted by molar-refractivity contribution is 5.94. The van der Waals surface area contributed by atoms with E-state index in [1.54, 1.807) is 32.4 Å².